The lowest BCUT2D eigenvalue weighted by molar-refractivity contribution is 0.0990. The molecule has 0 aliphatic rings. The Morgan fingerprint density at radius 2 is 1.96 bits per heavy atom. The number of methoxy groups -OCH3 is 1. The largest absolute Gasteiger partial charge is 0.497 e. The van der Waals surface area contributed by atoms with Crippen molar-refractivity contribution in [2.45, 2.75) is 12.8 Å². The van der Waals surface area contributed by atoms with Crippen LogP contribution in [0.15, 0.2) is 56.7 Å². The summed E-state index contributed by atoms with van der Waals surface area (Å²) < 4.78 is 23.5. The molecule has 1 aromatic heterocycles. The SMILES string of the molecule is COc1ccc(C(=O)Cc2nonc2C(Cc2ccc(F)c(Br)c2)=NO)cc1. The van der Waals surface area contributed by atoms with Crippen molar-refractivity contribution in [3.05, 3.63) is 75.3 Å². The van der Waals surface area contributed by atoms with Gasteiger partial charge < -0.3 is 9.94 Å². The van der Waals surface area contributed by atoms with Crippen molar-refractivity contribution in [1.29, 1.82) is 0 Å². The summed E-state index contributed by atoms with van der Waals surface area (Å²) in [6, 6.07) is 11.1. The summed E-state index contributed by atoms with van der Waals surface area (Å²) in [5, 5.41) is 20.2. The number of nitrogens with zero attached hydrogens (tertiary/aromatic N) is 3. The first-order valence-electron chi connectivity index (χ1n) is 8.15. The van der Waals surface area contributed by atoms with Crippen molar-refractivity contribution in [2.24, 2.45) is 5.16 Å². The van der Waals surface area contributed by atoms with Crippen LogP contribution in [0.5, 0.6) is 5.75 Å². The van der Waals surface area contributed by atoms with Crippen LogP contribution in [-0.2, 0) is 12.8 Å². The highest BCUT2D eigenvalue weighted by molar-refractivity contribution is 9.10. The molecule has 1 heterocycles. The molecule has 9 heteroatoms. The van der Waals surface area contributed by atoms with E-state index < -0.39 is 5.82 Å². The first kappa shape index (κ1) is 19.7. The third-order valence-corrected chi connectivity index (χ3v) is 4.65. The average Bonchev–Trinajstić information content (AvgIpc) is 3.16. The summed E-state index contributed by atoms with van der Waals surface area (Å²) in [6.45, 7) is 0. The predicted molar refractivity (Wildman–Crippen MR) is 101 cm³/mol. The molecule has 0 aliphatic heterocycles. The molecule has 144 valence electrons. The van der Waals surface area contributed by atoms with Crippen molar-refractivity contribution in [3.8, 4) is 5.75 Å². The van der Waals surface area contributed by atoms with Crippen molar-refractivity contribution in [3.63, 3.8) is 0 Å². The van der Waals surface area contributed by atoms with Gasteiger partial charge in [-0.1, -0.05) is 16.4 Å². The van der Waals surface area contributed by atoms with E-state index in [1.165, 1.54) is 6.07 Å². The second kappa shape index (κ2) is 8.75. The average molecular weight is 448 g/mol. The maximum Gasteiger partial charge on any atom is 0.169 e. The maximum atomic E-state index is 13.4. The molecule has 0 fully saturated rings. The van der Waals surface area contributed by atoms with E-state index in [2.05, 4.69) is 31.4 Å². The van der Waals surface area contributed by atoms with Gasteiger partial charge in [0.2, 0.25) is 0 Å². The van der Waals surface area contributed by atoms with Crippen molar-refractivity contribution < 1.29 is 23.8 Å². The second-order valence-corrected chi connectivity index (χ2v) is 6.71. The van der Waals surface area contributed by atoms with Crippen LogP contribution < -0.4 is 4.74 Å². The standard InChI is InChI=1S/C19H15BrFN3O4/c1-27-13-5-3-12(4-6-13)18(25)10-17-19(24-28-23-17)16(22-26)9-11-2-7-15(21)14(20)8-11/h2-8,26H,9-10H2,1H3. The molecule has 0 aliphatic carbocycles. The summed E-state index contributed by atoms with van der Waals surface area (Å²) in [4.78, 5) is 12.5. The topological polar surface area (TPSA) is 97.8 Å². The molecule has 0 atom stereocenters. The quantitative estimate of drug-likeness (QED) is 0.255. The Balaban J connectivity index is 1.79. The van der Waals surface area contributed by atoms with Crippen LogP contribution in [0.2, 0.25) is 0 Å². The van der Waals surface area contributed by atoms with E-state index in [0.29, 0.717) is 16.9 Å². The minimum atomic E-state index is -0.403. The Labute approximate surface area is 167 Å². The van der Waals surface area contributed by atoms with Crippen LogP contribution in [-0.4, -0.2) is 34.1 Å². The zero-order valence-corrected chi connectivity index (χ0v) is 16.3. The van der Waals surface area contributed by atoms with Gasteiger partial charge in [0.05, 0.1) is 18.0 Å². The normalized spacial score (nSPS) is 11.5. The van der Waals surface area contributed by atoms with Crippen molar-refractivity contribution >= 4 is 27.4 Å². The van der Waals surface area contributed by atoms with Crippen molar-refractivity contribution in [2.75, 3.05) is 7.11 Å². The maximum absolute atomic E-state index is 13.4. The number of carbonyl (C=O) groups excluding carboxylic acids is 1. The number of ketones is 1. The zero-order valence-electron chi connectivity index (χ0n) is 14.7. The van der Waals surface area contributed by atoms with Gasteiger partial charge in [0.15, 0.2) is 11.5 Å². The fourth-order valence-corrected chi connectivity index (χ4v) is 3.01. The number of ether oxygens (including phenoxy) is 1. The summed E-state index contributed by atoms with van der Waals surface area (Å²) >= 11 is 3.11. The smallest absolute Gasteiger partial charge is 0.169 e. The highest BCUT2D eigenvalue weighted by Crippen LogP contribution is 2.19. The minimum Gasteiger partial charge on any atom is -0.497 e. The molecule has 0 amide bonds. The van der Waals surface area contributed by atoms with E-state index in [9.17, 15) is 14.4 Å². The Morgan fingerprint density at radius 3 is 2.61 bits per heavy atom. The fourth-order valence-electron chi connectivity index (χ4n) is 2.58. The molecule has 0 bridgehead atoms. The van der Waals surface area contributed by atoms with Gasteiger partial charge in [-0.2, -0.15) is 0 Å². The molecule has 28 heavy (non-hydrogen) atoms. The van der Waals surface area contributed by atoms with E-state index in [4.69, 9.17) is 9.37 Å². The molecule has 3 aromatic rings. The first-order chi connectivity index (χ1) is 13.5. The number of hydrogen-bond acceptors (Lipinski definition) is 7. The van der Waals surface area contributed by atoms with Gasteiger partial charge in [-0.3, -0.25) is 4.79 Å². The number of hydrogen-bond donors (Lipinski definition) is 1. The summed E-state index contributed by atoms with van der Waals surface area (Å²) in [5.41, 5.74) is 1.72. The van der Waals surface area contributed by atoms with E-state index in [1.807, 2.05) is 0 Å². The van der Waals surface area contributed by atoms with Crippen LogP contribution in [0.25, 0.3) is 0 Å². The lowest BCUT2D eigenvalue weighted by Gasteiger charge is -2.05. The number of oxime groups is 1. The van der Waals surface area contributed by atoms with Gasteiger partial charge in [0.1, 0.15) is 23.0 Å². The van der Waals surface area contributed by atoms with E-state index >= 15 is 0 Å². The van der Waals surface area contributed by atoms with Gasteiger partial charge >= 0.3 is 0 Å². The monoisotopic (exact) mass is 447 g/mol. The van der Waals surface area contributed by atoms with Crippen molar-refractivity contribution in [1.82, 2.24) is 10.3 Å². The summed E-state index contributed by atoms with van der Waals surface area (Å²) in [7, 11) is 1.54. The van der Waals surface area contributed by atoms with Gasteiger partial charge in [0.25, 0.3) is 0 Å². The summed E-state index contributed by atoms with van der Waals surface area (Å²) in [6.07, 6.45) is 0.0601. The fraction of sp³-hybridized carbons (Fsp3) is 0.158. The third-order valence-electron chi connectivity index (χ3n) is 4.05. The molecule has 0 spiro atoms. The lowest BCUT2D eigenvalue weighted by Crippen LogP contribution is -2.12. The molecule has 7 nitrogen and oxygen atoms in total. The predicted octanol–water partition coefficient (Wildman–Crippen LogP) is 3.83. The van der Waals surface area contributed by atoms with Gasteiger partial charge in [-0.25, -0.2) is 9.02 Å². The highest BCUT2D eigenvalue weighted by atomic mass is 79.9. The molecule has 0 unspecified atom stereocenters. The molecule has 1 N–H and O–H groups in total. The van der Waals surface area contributed by atoms with Crippen LogP contribution >= 0.6 is 15.9 Å². The third kappa shape index (κ3) is 4.42. The van der Waals surface area contributed by atoms with Crippen LogP contribution in [0.3, 0.4) is 0 Å². The Kier molecular flexibility index (Phi) is 6.15. The molecular weight excluding hydrogens is 433 g/mol. The molecule has 0 radical (unpaired) electrons. The Hall–Kier alpha value is -3.07. The molecule has 0 saturated carbocycles. The Bertz CT molecular complexity index is 1020. The second-order valence-electron chi connectivity index (χ2n) is 5.86. The minimum absolute atomic E-state index is 0.0860. The number of benzene rings is 2. The highest BCUT2D eigenvalue weighted by Gasteiger charge is 2.21. The van der Waals surface area contributed by atoms with E-state index in [0.717, 1.165) is 0 Å². The number of halogens is 2. The summed E-state index contributed by atoms with van der Waals surface area (Å²) in [5.74, 6) is 0.0297. The van der Waals surface area contributed by atoms with Gasteiger partial charge in [0, 0.05) is 12.0 Å². The Morgan fingerprint density at radius 1 is 1.21 bits per heavy atom. The first-order valence-corrected chi connectivity index (χ1v) is 8.95. The lowest BCUT2D eigenvalue weighted by atomic mass is 10.0. The number of rotatable bonds is 7. The molecule has 3 rings (SSSR count). The van der Waals surface area contributed by atoms with Crippen LogP contribution in [0.4, 0.5) is 4.39 Å². The van der Waals surface area contributed by atoms with Crippen LogP contribution in [0.1, 0.15) is 27.3 Å². The molecule has 2 aromatic carbocycles. The number of aromatic nitrogens is 2. The van der Waals surface area contributed by atoms with Gasteiger partial charge in [-0.15, -0.1) is 0 Å². The van der Waals surface area contributed by atoms with Gasteiger partial charge in [-0.05, 0) is 63.0 Å². The molecule has 0 saturated heterocycles. The zero-order chi connectivity index (χ0) is 20.1. The van der Waals surface area contributed by atoms with Crippen LogP contribution in [0, 0.1) is 5.82 Å². The molecular formula is C19H15BrFN3O4. The van der Waals surface area contributed by atoms with E-state index in [-0.39, 0.29) is 40.2 Å². The number of Topliss-reactive ketones (excluding diaryl/α,β-unsaturated/α-hetero) is 1. The van der Waals surface area contributed by atoms with E-state index in [1.54, 1.807) is 43.5 Å². The number of carbonyl (C=O) groups is 1.